The van der Waals surface area contributed by atoms with Crippen molar-refractivity contribution in [2.75, 3.05) is 6.61 Å². The number of Topliss-reactive ketones (excluding diaryl/α,β-unsaturated/α-hetero) is 1. The number of aromatic nitrogens is 2. The number of fused-ring (bicyclic) bond motifs is 2. The van der Waals surface area contributed by atoms with E-state index < -0.39 is 5.91 Å². The van der Waals surface area contributed by atoms with E-state index in [2.05, 4.69) is 9.97 Å². The number of ether oxygens (including phenoxy) is 1. The Morgan fingerprint density at radius 2 is 1.93 bits per heavy atom. The Morgan fingerprint density at radius 1 is 1.10 bits per heavy atom. The van der Waals surface area contributed by atoms with Gasteiger partial charge in [0, 0.05) is 33.8 Å². The predicted molar refractivity (Wildman–Crippen MR) is 115 cm³/mol. The van der Waals surface area contributed by atoms with Crippen LogP contribution in [0.1, 0.15) is 45.2 Å². The normalized spacial score (nSPS) is 13.6. The number of hydrogen-bond acceptors (Lipinski definition) is 4. The quantitative estimate of drug-likeness (QED) is 0.446. The van der Waals surface area contributed by atoms with Gasteiger partial charge in [-0.15, -0.1) is 0 Å². The maximum Gasteiger partial charge on any atom is 0.252 e. The largest absolute Gasteiger partial charge is 0.485 e. The first-order valence-corrected chi connectivity index (χ1v) is 10.0. The highest BCUT2D eigenvalue weighted by atomic mass is 35.5. The summed E-state index contributed by atoms with van der Waals surface area (Å²) in [6, 6.07) is 12.5. The molecule has 1 saturated carbocycles. The molecule has 2 aromatic heterocycles. The zero-order valence-electron chi connectivity index (χ0n) is 15.9. The number of aromatic amines is 1. The number of benzene rings is 2. The fourth-order valence-corrected chi connectivity index (χ4v) is 3.82. The van der Waals surface area contributed by atoms with Gasteiger partial charge >= 0.3 is 0 Å². The highest BCUT2D eigenvalue weighted by Crippen LogP contribution is 2.39. The van der Waals surface area contributed by atoms with Gasteiger partial charge in [0.2, 0.25) is 5.78 Å². The fourth-order valence-electron chi connectivity index (χ4n) is 3.64. The fraction of sp³-hybridized carbons (Fsp3) is 0.174. The molecule has 6 nitrogen and oxygen atoms in total. The van der Waals surface area contributed by atoms with Crippen LogP contribution in [0.4, 0.5) is 0 Å². The first-order chi connectivity index (χ1) is 14.5. The lowest BCUT2D eigenvalue weighted by molar-refractivity contribution is 0.0914. The average molecular weight is 420 g/mol. The molecule has 2 heterocycles. The molecule has 0 radical (unpaired) electrons. The van der Waals surface area contributed by atoms with E-state index in [-0.39, 0.29) is 23.7 Å². The van der Waals surface area contributed by atoms with Crippen LogP contribution >= 0.6 is 11.6 Å². The molecule has 0 atom stereocenters. The summed E-state index contributed by atoms with van der Waals surface area (Å²) in [5.41, 5.74) is 7.98. The van der Waals surface area contributed by atoms with Crippen molar-refractivity contribution in [3.05, 3.63) is 70.5 Å². The van der Waals surface area contributed by atoms with Gasteiger partial charge in [0.1, 0.15) is 11.4 Å². The van der Waals surface area contributed by atoms with E-state index in [1.165, 1.54) is 12.8 Å². The molecular formula is C23H18ClN3O3. The van der Waals surface area contributed by atoms with Crippen molar-refractivity contribution in [2.45, 2.75) is 18.8 Å². The van der Waals surface area contributed by atoms with Gasteiger partial charge in [-0.2, -0.15) is 0 Å². The van der Waals surface area contributed by atoms with Gasteiger partial charge < -0.3 is 15.5 Å². The monoisotopic (exact) mass is 419 g/mol. The summed E-state index contributed by atoms with van der Waals surface area (Å²) < 4.78 is 5.73. The molecule has 0 spiro atoms. The average Bonchev–Trinajstić information content (AvgIpc) is 3.50. The zero-order valence-corrected chi connectivity index (χ0v) is 16.7. The molecule has 0 aliphatic heterocycles. The molecule has 1 amide bonds. The number of ketones is 1. The second kappa shape index (κ2) is 7.15. The SMILES string of the molecule is NC(=O)c1cc2cc(Cl)ccc2cc1OCC(=O)c1c[nH]c2nc(C3CC3)ccc12. The van der Waals surface area contributed by atoms with Gasteiger partial charge in [0.05, 0.1) is 5.56 Å². The number of pyridine rings is 1. The Morgan fingerprint density at radius 3 is 2.70 bits per heavy atom. The lowest BCUT2D eigenvalue weighted by Gasteiger charge is -2.11. The van der Waals surface area contributed by atoms with Gasteiger partial charge in [-0.25, -0.2) is 4.98 Å². The van der Waals surface area contributed by atoms with Gasteiger partial charge in [-0.05, 0) is 60.0 Å². The van der Waals surface area contributed by atoms with Crippen LogP contribution in [0.2, 0.25) is 5.02 Å². The van der Waals surface area contributed by atoms with E-state index in [0.29, 0.717) is 22.2 Å². The third-order valence-corrected chi connectivity index (χ3v) is 5.62. The van der Waals surface area contributed by atoms with E-state index in [4.69, 9.17) is 22.1 Å². The molecular weight excluding hydrogens is 402 g/mol. The van der Waals surface area contributed by atoms with Crippen molar-refractivity contribution in [3.63, 3.8) is 0 Å². The first kappa shape index (κ1) is 18.6. The van der Waals surface area contributed by atoms with Gasteiger partial charge in [-0.1, -0.05) is 17.7 Å². The van der Waals surface area contributed by atoms with Crippen molar-refractivity contribution < 1.29 is 14.3 Å². The minimum absolute atomic E-state index is 0.201. The topological polar surface area (TPSA) is 98.1 Å². The maximum absolute atomic E-state index is 12.8. The first-order valence-electron chi connectivity index (χ1n) is 9.67. The summed E-state index contributed by atoms with van der Waals surface area (Å²) in [4.78, 5) is 32.4. The molecule has 0 saturated heterocycles. The number of hydrogen-bond donors (Lipinski definition) is 2. The van der Waals surface area contributed by atoms with E-state index in [0.717, 1.165) is 21.9 Å². The zero-order chi connectivity index (χ0) is 20.8. The summed E-state index contributed by atoms with van der Waals surface area (Å²) in [6.45, 7) is -0.225. The van der Waals surface area contributed by atoms with Crippen LogP contribution in [-0.2, 0) is 0 Å². The minimum atomic E-state index is -0.636. The summed E-state index contributed by atoms with van der Waals surface area (Å²) in [5.74, 6) is -0.0491. The highest BCUT2D eigenvalue weighted by molar-refractivity contribution is 6.31. The molecule has 4 aromatic rings. The molecule has 2 aromatic carbocycles. The second-order valence-corrected chi connectivity index (χ2v) is 7.96. The molecule has 1 fully saturated rings. The lowest BCUT2D eigenvalue weighted by Crippen LogP contribution is -2.16. The van der Waals surface area contributed by atoms with Crippen LogP contribution in [0.3, 0.4) is 0 Å². The third kappa shape index (κ3) is 3.39. The van der Waals surface area contributed by atoms with Crippen LogP contribution in [0.25, 0.3) is 21.8 Å². The Kier molecular flexibility index (Phi) is 4.44. The number of nitrogens with one attached hydrogen (secondary N) is 1. The minimum Gasteiger partial charge on any atom is -0.485 e. The molecule has 150 valence electrons. The van der Waals surface area contributed by atoms with E-state index in [9.17, 15) is 9.59 Å². The summed E-state index contributed by atoms with van der Waals surface area (Å²) in [5, 5.41) is 2.91. The van der Waals surface area contributed by atoms with E-state index in [1.807, 2.05) is 18.2 Å². The molecule has 30 heavy (non-hydrogen) atoms. The number of nitrogens with zero attached hydrogens (tertiary/aromatic N) is 1. The van der Waals surface area contributed by atoms with Crippen molar-refractivity contribution >= 4 is 45.1 Å². The molecule has 3 N–H and O–H groups in total. The summed E-state index contributed by atoms with van der Waals surface area (Å²) >= 11 is 6.03. The van der Waals surface area contributed by atoms with Crippen LogP contribution in [0.5, 0.6) is 5.75 Å². The molecule has 1 aliphatic rings. The predicted octanol–water partition coefficient (Wildman–Crippen LogP) is 4.61. The molecule has 1 aliphatic carbocycles. The van der Waals surface area contributed by atoms with Crippen LogP contribution < -0.4 is 10.5 Å². The van der Waals surface area contributed by atoms with Crippen LogP contribution in [0, 0.1) is 0 Å². The second-order valence-electron chi connectivity index (χ2n) is 7.52. The number of halogens is 1. The number of amides is 1. The van der Waals surface area contributed by atoms with Crippen LogP contribution in [0.15, 0.2) is 48.7 Å². The maximum atomic E-state index is 12.8. The smallest absolute Gasteiger partial charge is 0.252 e. The van der Waals surface area contributed by atoms with Crippen molar-refractivity contribution in [1.29, 1.82) is 0 Å². The molecule has 0 bridgehead atoms. The highest BCUT2D eigenvalue weighted by Gasteiger charge is 2.25. The van der Waals surface area contributed by atoms with Crippen molar-refractivity contribution in [1.82, 2.24) is 9.97 Å². The van der Waals surface area contributed by atoms with Gasteiger partial charge in [0.25, 0.3) is 5.91 Å². The Labute approximate surface area is 177 Å². The lowest BCUT2D eigenvalue weighted by atomic mass is 10.1. The Balaban J connectivity index is 1.41. The van der Waals surface area contributed by atoms with E-state index >= 15 is 0 Å². The molecule has 7 heteroatoms. The Hall–Kier alpha value is -3.38. The number of carbonyl (C=O) groups is 2. The van der Waals surface area contributed by atoms with Crippen LogP contribution in [-0.4, -0.2) is 28.3 Å². The van der Waals surface area contributed by atoms with Crippen molar-refractivity contribution in [3.8, 4) is 5.75 Å². The number of primary amides is 1. The number of carbonyl (C=O) groups excluding carboxylic acids is 2. The summed E-state index contributed by atoms with van der Waals surface area (Å²) in [6.07, 6.45) is 3.98. The standard InChI is InChI=1S/C23H18ClN3O3/c24-15-4-3-13-9-21(17(22(25)29)8-14(13)7-15)30-11-20(28)18-10-26-23-16(18)5-6-19(27-23)12-1-2-12/h3-10,12H,1-2,11H2,(H2,25,29)(H,26,27). The third-order valence-electron chi connectivity index (χ3n) is 5.38. The Bertz CT molecular complexity index is 1320. The molecule has 5 rings (SSSR count). The number of H-pyrrole nitrogens is 1. The molecule has 0 unspecified atom stereocenters. The van der Waals surface area contributed by atoms with E-state index in [1.54, 1.807) is 30.5 Å². The summed E-state index contributed by atoms with van der Waals surface area (Å²) in [7, 11) is 0. The number of nitrogens with two attached hydrogens (primary N) is 1. The van der Waals surface area contributed by atoms with Crippen molar-refractivity contribution in [2.24, 2.45) is 5.73 Å². The number of rotatable bonds is 6. The van der Waals surface area contributed by atoms with Gasteiger partial charge in [-0.3, -0.25) is 9.59 Å². The van der Waals surface area contributed by atoms with Gasteiger partial charge in [0.15, 0.2) is 6.61 Å².